The van der Waals surface area contributed by atoms with Crippen molar-refractivity contribution in [2.45, 2.75) is 45.9 Å². The third kappa shape index (κ3) is 5.51. The van der Waals surface area contributed by atoms with Gasteiger partial charge in [0.15, 0.2) is 0 Å². The van der Waals surface area contributed by atoms with E-state index in [0.717, 1.165) is 16.9 Å². The van der Waals surface area contributed by atoms with Gasteiger partial charge in [0.2, 0.25) is 0 Å². The van der Waals surface area contributed by atoms with Gasteiger partial charge in [-0.25, -0.2) is 14.8 Å². The molecule has 3 heterocycles. The minimum Gasteiger partial charge on any atom is -0.444 e. The molecule has 0 aliphatic carbocycles. The van der Waals surface area contributed by atoms with Crippen LogP contribution in [-0.2, 0) is 16.0 Å². The Bertz CT molecular complexity index is 1080. The number of carbonyl (C=O) groups excluding carboxylic acids is 1. The summed E-state index contributed by atoms with van der Waals surface area (Å²) < 4.78 is 13.2. The molecule has 0 radical (unpaired) electrons. The lowest BCUT2D eigenvalue weighted by molar-refractivity contribution is 0.0116. The highest BCUT2D eigenvalue weighted by molar-refractivity contribution is 6.29. The smallest absolute Gasteiger partial charge is 0.410 e. The average molecular weight is 446 g/mol. The lowest BCUT2D eigenvalue weighted by atomic mass is 10.2. The van der Waals surface area contributed by atoms with E-state index < -0.39 is 11.7 Å². The van der Waals surface area contributed by atoms with E-state index in [9.17, 15) is 4.79 Å². The first-order valence-electron chi connectivity index (χ1n) is 10.0. The van der Waals surface area contributed by atoms with Gasteiger partial charge in [0.05, 0.1) is 35.9 Å². The number of rotatable bonds is 6. The summed E-state index contributed by atoms with van der Waals surface area (Å²) in [5, 5.41) is 0.396. The van der Waals surface area contributed by atoms with Crippen molar-refractivity contribution in [2.75, 3.05) is 20.7 Å². The monoisotopic (exact) mass is 445 g/mol. The average Bonchev–Trinajstić information content (AvgIpc) is 3.01. The van der Waals surface area contributed by atoms with E-state index in [-0.39, 0.29) is 6.10 Å². The standard InChI is InChI=1S/C22H28ClN5O3/c1-14-25-17-10-11-24-19(16-8-7-9-18(23)26-16)20(17)28(14)13-15(30-6)12-27(5)21(29)31-22(2,3)4/h7-11,15H,12-13H2,1-6H3/t15-/m0/s1. The zero-order valence-electron chi connectivity index (χ0n) is 18.7. The Labute approximate surface area is 187 Å². The van der Waals surface area contributed by atoms with Gasteiger partial charge >= 0.3 is 6.09 Å². The zero-order valence-corrected chi connectivity index (χ0v) is 19.5. The minimum atomic E-state index is -0.560. The Hall–Kier alpha value is -2.71. The molecular weight excluding hydrogens is 418 g/mol. The number of pyridine rings is 2. The van der Waals surface area contributed by atoms with Gasteiger partial charge in [-0.05, 0) is 45.9 Å². The van der Waals surface area contributed by atoms with Crippen LogP contribution in [0.4, 0.5) is 4.79 Å². The molecule has 1 amide bonds. The third-order valence-corrected chi connectivity index (χ3v) is 4.92. The molecule has 9 heteroatoms. The number of aryl methyl sites for hydroxylation is 1. The second-order valence-corrected chi connectivity index (χ2v) is 8.75. The topological polar surface area (TPSA) is 82.4 Å². The highest BCUT2D eigenvalue weighted by Gasteiger charge is 2.24. The van der Waals surface area contributed by atoms with Crippen LogP contribution in [0.15, 0.2) is 30.5 Å². The molecule has 31 heavy (non-hydrogen) atoms. The number of hydrogen-bond acceptors (Lipinski definition) is 6. The highest BCUT2D eigenvalue weighted by atomic mass is 35.5. The first-order valence-corrected chi connectivity index (χ1v) is 10.4. The van der Waals surface area contributed by atoms with Gasteiger partial charge in [0.25, 0.3) is 0 Å². The molecule has 0 spiro atoms. The van der Waals surface area contributed by atoms with Crippen LogP contribution in [0.3, 0.4) is 0 Å². The number of ether oxygens (including phenoxy) is 2. The van der Waals surface area contributed by atoms with Crippen LogP contribution >= 0.6 is 11.6 Å². The molecule has 0 saturated heterocycles. The summed E-state index contributed by atoms with van der Waals surface area (Å²) in [4.78, 5) is 27.5. The Balaban J connectivity index is 1.91. The molecule has 0 saturated carbocycles. The molecule has 166 valence electrons. The van der Waals surface area contributed by atoms with Crippen molar-refractivity contribution in [3.8, 4) is 11.4 Å². The summed E-state index contributed by atoms with van der Waals surface area (Å²) >= 11 is 6.10. The first kappa shape index (κ1) is 23.0. The molecule has 1 atom stereocenters. The molecule has 3 aromatic rings. The fraction of sp³-hybridized carbons (Fsp3) is 0.455. The molecule has 0 unspecified atom stereocenters. The quantitative estimate of drug-likeness (QED) is 0.525. The van der Waals surface area contributed by atoms with E-state index in [1.54, 1.807) is 26.4 Å². The maximum atomic E-state index is 12.4. The van der Waals surface area contributed by atoms with E-state index in [0.29, 0.717) is 29.6 Å². The van der Waals surface area contributed by atoms with Crippen LogP contribution < -0.4 is 0 Å². The van der Waals surface area contributed by atoms with Crippen molar-refractivity contribution in [1.82, 2.24) is 24.4 Å². The highest BCUT2D eigenvalue weighted by Crippen LogP contribution is 2.27. The summed E-state index contributed by atoms with van der Waals surface area (Å²) in [6.45, 7) is 8.28. The number of nitrogens with zero attached hydrogens (tertiary/aromatic N) is 5. The first-order chi connectivity index (χ1) is 14.6. The lowest BCUT2D eigenvalue weighted by Crippen LogP contribution is -2.40. The third-order valence-electron chi connectivity index (χ3n) is 4.71. The molecule has 0 aromatic carbocycles. The second kappa shape index (κ2) is 9.20. The maximum absolute atomic E-state index is 12.4. The molecule has 3 rings (SSSR count). The van der Waals surface area contributed by atoms with E-state index in [4.69, 9.17) is 21.1 Å². The van der Waals surface area contributed by atoms with Crippen molar-refractivity contribution < 1.29 is 14.3 Å². The summed E-state index contributed by atoms with van der Waals surface area (Å²) in [5.41, 5.74) is 2.45. The molecule has 0 bridgehead atoms. The number of amides is 1. The van der Waals surface area contributed by atoms with Crippen LogP contribution in [-0.4, -0.2) is 62.9 Å². The van der Waals surface area contributed by atoms with Gasteiger partial charge in [-0.2, -0.15) is 0 Å². The Kier molecular flexibility index (Phi) is 6.81. The predicted octanol–water partition coefficient (Wildman–Crippen LogP) is 4.34. The van der Waals surface area contributed by atoms with E-state index in [1.165, 1.54) is 4.90 Å². The number of hydrogen-bond donors (Lipinski definition) is 0. The van der Waals surface area contributed by atoms with Crippen LogP contribution in [0.25, 0.3) is 22.4 Å². The maximum Gasteiger partial charge on any atom is 0.410 e. The number of carbonyl (C=O) groups is 1. The number of halogens is 1. The van der Waals surface area contributed by atoms with Gasteiger partial charge in [-0.3, -0.25) is 4.98 Å². The number of methoxy groups -OCH3 is 1. The fourth-order valence-electron chi connectivity index (χ4n) is 3.28. The minimum absolute atomic E-state index is 0.283. The molecule has 8 nitrogen and oxygen atoms in total. The van der Waals surface area contributed by atoms with Crippen molar-refractivity contribution >= 4 is 28.7 Å². The molecule has 0 N–H and O–H groups in total. The van der Waals surface area contributed by atoms with Crippen molar-refractivity contribution in [1.29, 1.82) is 0 Å². The second-order valence-electron chi connectivity index (χ2n) is 8.36. The van der Waals surface area contributed by atoms with Gasteiger partial charge in [-0.15, -0.1) is 0 Å². The van der Waals surface area contributed by atoms with E-state index in [1.807, 2.05) is 50.5 Å². The molecule has 0 fully saturated rings. The summed E-state index contributed by atoms with van der Waals surface area (Å²) in [5.74, 6) is 0.813. The molecule has 0 aliphatic rings. The van der Waals surface area contributed by atoms with Crippen LogP contribution in [0.2, 0.25) is 5.15 Å². The van der Waals surface area contributed by atoms with Gasteiger partial charge < -0.3 is 18.9 Å². The Morgan fingerprint density at radius 3 is 2.65 bits per heavy atom. The van der Waals surface area contributed by atoms with Crippen molar-refractivity contribution in [2.24, 2.45) is 0 Å². The van der Waals surface area contributed by atoms with Gasteiger partial charge in [-0.1, -0.05) is 17.7 Å². The number of aromatic nitrogens is 4. The lowest BCUT2D eigenvalue weighted by Gasteiger charge is -2.27. The number of imidazole rings is 1. The predicted molar refractivity (Wildman–Crippen MR) is 120 cm³/mol. The number of likely N-dealkylation sites (N-methyl/N-ethyl adjacent to an activating group) is 1. The largest absolute Gasteiger partial charge is 0.444 e. The van der Waals surface area contributed by atoms with E-state index >= 15 is 0 Å². The Morgan fingerprint density at radius 2 is 2.00 bits per heavy atom. The van der Waals surface area contributed by atoms with Crippen LogP contribution in [0.5, 0.6) is 0 Å². The van der Waals surface area contributed by atoms with Gasteiger partial charge in [0, 0.05) is 20.4 Å². The SMILES string of the molecule is CO[C@@H](CN(C)C(=O)OC(C)(C)C)Cn1c(C)nc2ccnc(-c3cccc(Cl)n3)c21. The summed E-state index contributed by atoms with van der Waals surface area (Å²) in [7, 11) is 3.32. The van der Waals surface area contributed by atoms with Crippen LogP contribution in [0.1, 0.15) is 26.6 Å². The summed E-state index contributed by atoms with van der Waals surface area (Å²) in [6.07, 6.45) is 1.03. The zero-order chi connectivity index (χ0) is 22.8. The molecular formula is C22H28ClN5O3. The number of fused-ring (bicyclic) bond motifs is 1. The summed E-state index contributed by atoms with van der Waals surface area (Å²) in [6, 6.07) is 7.29. The van der Waals surface area contributed by atoms with Gasteiger partial charge in [0.1, 0.15) is 22.3 Å². The molecule has 0 aliphatic heterocycles. The Morgan fingerprint density at radius 1 is 1.26 bits per heavy atom. The normalized spacial score (nSPS) is 12.7. The van der Waals surface area contributed by atoms with Crippen molar-refractivity contribution in [3.05, 3.63) is 41.4 Å². The molecule has 3 aromatic heterocycles. The van der Waals surface area contributed by atoms with Crippen LogP contribution in [0, 0.1) is 6.92 Å². The fourth-order valence-corrected chi connectivity index (χ4v) is 3.44. The van der Waals surface area contributed by atoms with Crippen molar-refractivity contribution in [3.63, 3.8) is 0 Å². The van der Waals surface area contributed by atoms with E-state index in [2.05, 4.69) is 15.0 Å².